The molecule has 0 radical (unpaired) electrons. The van der Waals surface area contributed by atoms with Crippen LogP contribution in [0.4, 0.5) is 15.8 Å². The lowest BCUT2D eigenvalue weighted by molar-refractivity contribution is -0.385. The highest BCUT2D eigenvalue weighted by molar-refractivity contribution is 5.52. The maximum absolute atomic E-state index is 14.0. The van der Waals surface area contributed by atoms with Gasteiger partial charge in [-0.1, -0.05) is 13.8 Å². The monoisotopic (exact) mass is 294 g/mol. The summed E-state index contributed by atoms with van der Waals surface area (Å²) in [5.74, 6) is -0.205. The molecule has 1 aromatic carbocycles. The van der Waals surface area contributed by atoms with Crippen molar-refractivity contribution >= 4 is 11.4 Å². The number of non-ortho nitro benzene ring substituents is 1. The standard InChI is InChI=1S/C15H19FN2O3/c1-15(2)13(10-4-3-7-21-14(10)15)17-12-6-5-9(18(19)20)8-11(12)16/h5-6,8,10,13-14,17H,3-4,7H2,1-2H3. The van der Waals surface area contributed by atoms with Gasteiger partial charge in [-0.15, -0.1) is 0 Å². The van der Waals surface area contributed by atoms with Gasteiger partial charge >= 0.3 is 0 Å². The van der Waals surface area contributed by atoms with Gasteiger partial charge in [-0.05, 0) is 18.9 Å². The van der Waals surface area contributed by atoms with E-state index in [-0.39, 0.29) is 23.2 Å². The minimum atomic E-state index is -0.592. The van der Waals surface area contributed by atoms with E-state index in [1.54, 1.807) is 0 Å². The molecule has 2 aliphatic rings. The topological polar surface area (TPSA) is 64.4 Å². The summed E-state index contributed by atoms with van der Waals surface area (Å²) in [6, 6.07) is 3.86. The molecule has 1 saturated heterocycles. The third kappa shape index (κ3) is 2.27. The van der Waals surface area contributed by atoms with E-state index in [4.69, 9.17) is 4.74 Å². The number of hydrogen-bond acceptors (Lipinski definition) is 4. The lowest BCUT2D eigenvalue weighted by Gasteiger charge is -2.60. The van der Waals surface area contributed by atoms with Crippen LogP contribution in [0.2, 0.25) is 0 Å². The number of anilines is 1. The van der Waals surface area contributed by atoms with Crippen molar-refractivity contribution in [2.24, 2.45) is 11.3 Å². The van der Waals surface area contributed by atoms with Crippen LogP contribution in [0.1, 0.15) is 26.7 Å². The normalized spacial score (nSPS) is 30.1. The Balaban J connectivity index is 1.79. The number of fused-ring (bicyclic) bond motifs is 1. The minimum absolute atomic E-state index is 0.0701. The first-order valence-corrected chi connectivity index (χ1v) is 7.23. The molecule has 114 valence electrons. The molecule has 0 bridgehead atoms. The van der Waals surface area contributed by atoms with Crippen LogP contribution in [0.3, 0.4) is 0 Å². The van der Waals surface area contributed by atoms with Gasteiger partial charge in [0, 0.05) is 30.0 Å². The Kier molecular flexibility index (Phi) is 3.36. The smallest absolute Gasteiger partial charge is 0.272 e. The lowest BCUT2D eigenvalue weighted by atomic mass is 9.55. The summed E-state index contributed by atoms with van der Waals surface area (Å²) >= 11 is 0. The summed E-state index contributed by atoms with van der Waals surface area (Å²) < 4.78 is 19.8. The number of hydrogen-bond donors (Lipinski definition) is 1. The predicted molar refractivity (Wildman–Crippen MR) is 76.7 cm³/mol. The van der Waals surface area contributed by atoms with Crippen molar-refractivity contribution < 1.29 is 14.1 Å². The van der Waals surface area contributed by atoms with Gasteiger partial charge in [-0.2, -0.15) is 0 Å². The van der Waals surface area contributed by atoms with Crippen molar-refractivity contribution in [3.63, 3.8) is 0 Å². The number of nitro groups is 1. The summed E-state index contributed by atoms with van der Waals surface area (Å²) in [7, 11) is 0. The van der Waals surface area contributed by atoms with Crippen LogP contribution in [-0.4, -0.2) is 23.7 Å². The number of nitrogens with one attached hydrogen (secondary N) is 1. The van der Waals surface area contributed by atoms with Crippen LogP contribution in [0, 0.1) is 27.3 Å². The van der Waals surface area contributed by atoms with E-state index in [0.29, 0.717) is 11.6 Å². The molecule has 5 nitrogen and oxygen atoms in total. The van der Waals surface area contributed by atoms with Crippen LogP contribution in [0.5, 0.6) is 0 Å². The SMILES string of the molecule is CC1(C)C(Nc2ccc([N+](=O)[O-])cc2F)C2CCCOC21. The fourth-order valence-corrected chi connectivity index (χ4v) is 3.72. The first kappa shape index (κ1) is 14.3. The summed E-state index contributed by atoms with van der Waals surface area (Å²) in [4.78, 5) is 10.1. The predicted octanol–water partition coefficient (Wildman–Crippen LogP) is 3.35. The first-order valence-electron chi connectivity index (χ1n) is 7.23. The molecule has 1 aromatic rings. The summed E-state index contributed by atoms with van der Waals surface area (Å²) in [6.45, 7) is 5.02. The van der Waals surface area contributed by atoms with E-state index < -0.39 is 10.7 Å². The molecule has 1 saturated carbocycles. The van der Waals surface area contributed by atoms with Crippen molar-refractivity contribution in [1.82, 2.24) is 0 Å². The van der Waals surface area contributed by atoms with Gasteiger partial charge in [-0.3, -0.25) is 10.1 Å². The Hall–Kier alpha value is -1.69. The molecule has 3 rings (SSSR count). The van der Waals surface area contributed by atoms with E-state index in [1.165, 1.54) is 12.1 Å². The molecule has 21 heavy (non-hydrogen) atoms. The van der Waals surface area contributed by atoms with Crippen molar-refractivity contribution in [2.75, 3.05) is 11.9 Å². The lowest BCUT2D eigenvalue weighted by Crippen LogP contribution is -2.67. The second kappa shape index (κ2) is 4.94. The Bertz CT molecular complexity index is 576. The van der Waals surface area contributed by atoms with Gasteiger partial charge in [0.05, 0.1) is 22.8 Å². The number of rotatable bonds is 3. The molecule has 1 N–H and O–H groups in total. The molecule has 3 atom stereocenters. The largest absolute Gasteiger partial charge is 0.379 e. The second-order valence-corrected chi connectivity index (χ2v) is 6.46. The zero-order valence-corrected chi connectivity index (χ0v) is 12.1. The fraction of sp³-hybridized carbons (Fsp3) is 0.600. The molecule has 3 unspecified atom stereocenters. The molecular formula is C15H19FN2O3. The van der Waals surface area contributed by atoms with Crippen LogP contribution in [0.15, 0.2) is 18.2 Å². The molecular weight excluding hydrogens is 275 g/mol. The highest BCUT2D eigenvalue weighted by Gasteiger charge is 2.58. The average Bonchev–Trinajstić information content (AvgIpc) is 2.45. The van der Waals surface area contributed by atoms with Crippen molar-refractivity contribution in [3.05, 3.63) is 34.1 Å². The van der Waals surface area contributed by atoms with Gasteiger partial charge in [0.1, 0.15) is 0 Å². The number of nitro benzene ring substituents is 1. The molecule has 0 amide bonds. The average molecular weight is 294 g/mol. The Morgan fingerprint density at radius 2 is 2.24 bits per heavy atom. The van der Waals surface area contributed by atoms with Gasteiger partial charge in [-0.25, -0.2) is 4.39 Å². The molecule has 6 heteroatoms. The third-order valence-electron chi connectivity index (χ3n) is 4.81. The van der Waals surface area contributed by atoms with Crippen LogP contribution in [0.25, 0.3) is 0 Å². The molecule has 0 aromatic heterocycles. The Morgan fingerprint density at radius 1 is 1.48 bits per heavy atom. The van der Waals surface area contributed by atoms with Gasteiger partial charge in [0.15, 0.2) is 5.82 Å². The Morgan fingerprint density at radius 3 is 2.90 bits per heavy atom. The van der Waals surface area contributed by atoms with Crippen molar-refractivity contribution in [2.45, 2.75) is 38.8 Å². The summed E-state index contributed by atoms with van der Waals surface area (Å²) in [5, 5.41) is 13.9. The quantitative estimate of drug-likeness (QED) is 0.686. The first-order chi connectivity index (χ1) is 9.91. The van der Waals surface area contributed by atoms with Crippen LogP contribution in [-0.2, 0) is 4.74 Å². The number of ether oxygens (including phenoxy) is 1. The van der Waals surface area contributed by atoms with Crippen LogP contribution < -0.4 is 5.32 Å². The van der Waals surface area contributed by atoms with E-state index in [0.717, 1.165) is 25.5 Å². The van der Waals surface area contributed by atoms with Gasteiger partial charge < -0.3 is 10.1 Å². The summed E-state index contributed by atoms with van der Waals surface area (Å²) in [5.41, 5.74) is 0.0201. The van der Waals surface area contributed by atoms with E-state index in [9.17, 15) is 14.5 Å². The van der Waals surface area contributed by atoms with E-state index in [2.05, 4.69) is 19.2 Å². The van der Waals surface area contributed by atoms with E-state index >= 15 is 0 Å². The van der Waals surface area contributed by atoms with Crippen LogP contribution >= 0.6 is 0 Å². The van der Waals surface area contributed by atoms with Gasteiger partial charge in [0.25, 0.3) is 5.69 Å². The van der Waals surface area contributed by atoms with Gasteiger partial charge in [0.2, 0.25) is 0 Å². The van der Waals surface area contributed by atoms with Crippen molar-refractivity contribution in [1.29, 1.82) is 0 Å². The number of halogens is 1. The Labute approximate surface area is 122 Å². The minimum Gasteiger partial charge on any atom is -0.379 e. The molecule has 0 spiro atoms. The molecule has 2 fully saturated rings. The number of nitrogens with zero attached hydrogens (tertiary/aromatic N) is 1. The van der Waals surface area contributed by atoms with E-state index in [1.807, 2.05) is 0 Å². The molecule has 1 aliphatic carbocycles. The highest BCUT2D eigenvalue weighted by atomic mass is 19.1. The molecule has 1 heterocycles. The zero-order valence-electron chi connectivity index (χ0n) is 12.1. The highest BCUT2D eigenvalue weighted by Crippen LogP contribution is 2.52. The molecule has 1 aliphatic heterocycles. The summed E-state index contributed by atoms with van der Waals surface area (Å²) in [6.07, 6.45) is 2.31. The fourth-order valence-electron chi connectivity index (χ4n) is 3.72. The number of benzene rings is 1. The third-order valence-corrected chi connectivity index (χ3v) is 4.81. The van der Waals surface area contributed by atoms with Crippen molar-refractivity contribution in [3.8, 4) is 0 Å². The maximum Gasteiger partial charge on any atom is 0.272 e. The zero-order chi connectivity index (χ0) is 15.2. The maximum atomic E-state index is 14.0. The second-order valence-electron chi connectivity index (χ2n) is 6.46.